The number of hydrogen-bond acceptors (Lipinski definition) is 4. The molecule has 0 aliphatic carbocycles. The molecule has 1 amide bonds. The molecule has 1 atom stereocenters. The van der Waals surface area contributed by atoms with Gasteiger partial charge in [0.05, 0.1) is 24.9 Å². The molecule has 0 unspecified atom stereocenters. The van der Waals surface area contributed by atoms with Crippen LogP contribution in [0.1, 0.15) is 5.69 Å². The van der Waals surface area contributed by atoms with E-state index in [1.165, 1.54) is 0 Å². The first-order valence-electron chi connectivity index (χ1n) is 6.06. The number of rotatable bonds is 3. The summed E-state index contributed by atoms with van der Waals surface area (Å²) in [6.45, 7) is 2.64. The molecule has 0 saturated heterocycles. The van der Waals surface area contributed by atoms with Crippen LogP contribution in [-0.2, 0) is 22.6 Å². The van der Waals surface area contributed by atoms with Gasteiger partial charge in [-0.3, -0.25) is 14.4 Å². The third-order valence-electron chi connectivity index (χ3n) is 3.22. The van der Waals surface area contributed by atoms with Gasteiger partial charge >= 0.3 is 0 Å². The molecule has 1 aliphatic heterocycles. The van der Waals surface area contributed by atoms with Crippen LogP contribution in [0.5, 0.6) is 0 Å². The zero-order valence-corrected chi connectivity index (χ0v) is 11.2. The zero-order valence-electron chi connectivity index (χ0n) is 11.2. The van der Waals surface area contributed by atoms with E-state index in [-0.39, 0.29) is 12.0 Å². The quantitative estimate of drug-likeness (QED) is 0.747. The van der Waals surface area contributed by atoms with Gasteiger partial charge in [-0.1, -0.05) is 0 Å². The van der Waals surface area contributed by atoms with E-state index in [1.807, 2.05) is 10.7 Å². The number of methoxy groups -OCH3 is 1. The highest BCUT2D eigenvalue weighted by atomic mass is 16.5. The minimum absolute atomic E-state index is 0.0705. The van der Waals surface area contributed by atoms with E-state index in [4.69, 9.17) is 4.74 Å². The molecule has 0 N–H and O–H groups in total. The maximum Gasteiger partial charge on any atom is 0.236 e. The van der Waals surface area contributed by atoms with Gasteiger partial charge in [0.1, 0.15) is 0 Å². The molecule has 2 heterocycles. The van der Waals surface area contributed by atoms with Gasteiger partial charge in [0.25, 0.3) is 0 Å². The zero-order chi connectivity index (χ0) is 13.1. The number of ether oxygens (including phenoxy) is 1. The van der Waals surface area contributed by atoms with Crippen LogP contribution >= 0.6 is 0 Å². The van der Waals surface area contributed by atoms with Crippen molar-refractivity contribution in [3.05, 3.63) is 18.0 Å². The van der Waals surface area contributed by atoms with Gasteiger partial charge in [-0.05, 0) is 6.07 Å². The second kappa shape index (κ2) is 5.49. The Morgan fingerprint density at radius 2 is 2.33 bits per heavy atom. The summed E-state index contributed by atoms with van der Waals surface area (Å²) in [5, 5.41) is 4.28. The molecule has 18 heavy (non-hydrogen) atoms. The summed E-state index contributed by atoms with van der Waals surface area (Å²) < 4.78 is 7.39. The highest BCUT2D eigenvalue weighted by Gasteiger charge is 2.23. The van der Waals surface area contributed by atoms with E-state index in [1.54, 1.807) is 32.3 Å². The summed E-state index contributed by atoms with van der Waals surface area (Å²) in [6.07, 6.45) is 1.86. The van der Waals surface area contributed by atoms with Crippen molar-refractivity contribution in [2.75, 3.05) is 34.3 Å². The van der Waals surface area contributed by atoms with E-state index < -0.39 is 0 Å². The molecule has 2 rings (SSSR count). The van der Waals surface area contributed by atoms with Crippen LogP contribution in [0.15, 0.2) is 12.3 Å². The Labute approximate surface area is 107 Å². The fourth-order valence-corrected chi connectivity index (χ4v) is 2.09. The molecule has 100 valence electrons. The molecular formula is C12H20N4O2. The van der Waals surface area contributed by atoms with Gasteiger partial charge in [-0.15, -0.1) is 0 Å². The SMILES string of the molecule is CO[C@H]1CN(CC(=O)N(C)C)Cc2ccnn2C1. The molecule has 1 aromatic heterocycles. The molecule has 0 radical (unpaired) electrons. The molecule has 0 saturated carbocycles. The topological polar surface area (TPSA) is 50.6 Å². The van der Waals surface area contributed by atoms with Crippen LogP contribution in [0.3, 0.4) is 0 Å². The van der Waals surface area contributed by atoms with Crippen molar-refractivity contribution < 1.29 is 9.53 Å². The van der Waals surface area contributed by atoms with Crippen LogP contribution in [0, 0.1) is 0 Å². The van der Waals surface area contributed by atoms with Gasteiger partial charge < -0.3 is 9.64 Å². The minimum Gasteiger partial charge on any atom is -0.378 e. The van der Waals surface area contributed by atoms with E-state index in [9.17, 15) is 4.79 Å². The van der Waals surface area contributed by atoms with E-state index >= 15 is 0 Å². The van der Waals surface area contributed by atoms with Gasteiger partial charge in [0, 0.05) is 40.5 Å². The Kier molecular flexibility index (Phi) is 3.98. The molecular weight excluding hydrogens is 232 g/mol. The van der Waals surface area contributed by atoms with Crippen LogP contribution < -0.4 is 0 Å². The monoisotopic (exact) mass is 252 g/mol. The second-order valence-corrected chi connectivity index (χ2v) is 4.82. The number of hydrogen-bond donors (Lipinski definition) is 0. The third kappa shape index (κ3) is 2.88. The standard InChI is InChI=1S/C12H20N4O2/c1-14(2)12(17)9-15-6-10-4-5-13-16(10)8-11(7-15)18-3/h4-5,11H,6-9H2,1-3H3/t11-/m0/s1. The van der Waals surface area contributed by atoms with Crippen LogP contribution in [-0.4, -0.2) is 65.9 Å². The van der Waals surface area contributed by atoms with E-state index in [2.05, 4.69) is 10.00 Å². The summed E-state index contributed by atoms with van der Waals surface area (Å²) in [4.78, 5) is 15.5. The Balaban J connectivity index is 2.10. The summed E-state index contributed by atoms with van der Waals surface area (Å²) in [5.41, 5.74) is 1.13. The number of likely N-dealkylation sites (N-methyl/N-ethyl adjacent to an activating group) is 1. The predicted molar refractivity (Wildman–Crippen MR) is 67.0 cm³/mol. The van der Waals surface area contributed by atoms with Gasteiger partial charge in [-0.25, -0.2) is 0 Å². The molecule has 0 spiro atoms. The average molecular weight is 252 g/mol. The second-order valence-electron chi connectivity index (χ2n) is 4.82. The fourth-order valence-electron chi connectivity index (χ4n) is 2.09. The Bertz CT molecular complexity index is 416. The highest BCUT2D eigenvalue weighted by Crippen LogP contribution is 2.13. The number of amides is 1. The molecule has 0 fully saturated rings. The Morgan fingerprint density at radius 3 is 3.00 bits per heavy atom. The largest absolute Gasteiger partial charge is 0.378 e. The van der Waals surface area contributed by atoms with Crippen LogP contribution in [0.4, 0.5) is 0 Å². The Hall–Kier alpha value is -1.40. The molecule has 6 nitrogen and oxygen atoms in total. The first-order valence-corrected chi connectivity index (χ1v) is 6.06. The molecule has 0 aromatic carbocycles. The number of aromatic nitrogens is 2. The normalized spacial score (nSPS) is 20.3. The van der Waals surface area contributed by atoms with Crippen molar-refractivity contribution in [3.8, 4) is 0 Å². The summed E-state index contributed by atoms with van der Waals surface area (Å²) in [7, 11) is 5.25. The number of nitrogens with zero attached hydrogens (tertiary/aromatic N) is 4. The van der Waals surface area contributed by atoms with Crippen molar-refractivity contribution in [2.24, 2.45) is 0 Å². The maximum absolute atomic E-state index is 11.8. The highest BCUT2D eigenvalue weighted by molar-refractivity contribution is 5.77. The lowest BCUT2D eigenvalue weighted by Crippen LogP contribution is -2.39. The lowest BCUT2D eigenvalue weighted by Gasteiger charge is -2.23. The number of fused-ring (bicyclic) bond motifs is 1. The third-order valence-corrected chi connectivity index (χ3v) is 3.22. The van der Waals surface area contributed by atoms with Crippen molar-refractivity contribution in [3.63, 3.8) is 0 Å². The molecule has 1 aliphatic rings. The van der Waals surface area contributed by atoms with E-state index in [0.29, 0.717) is 6.54 Å². The predicted octanol–water partition coefficient (Wildman–Crippen LogP) is -0.198. The first kappa shape index (κ1) is 13.0. The van der Waals surface area contributed by atoms with Crippen molar-refractivity contribution in [1.82, 2.24) is 19.6 Å². The summed E-state index contributed by atoms with van der Waals surface area (Å²) >= 11 is 0. The molecule has 0 bridgehead atoms. The minimum atomic E-state index is 0.0705. The number of carbonyl (C=O) groups is 1. The van der Waals surface area contributed by atoms with Gasteiger partial charge in [-0.2, -0.15) is 5.10 Å². The molecule has 1 aromatic rings. The smallest absolute Gasteiger partial charge is 0.236 e. The van der Waals surface area contributed by atoms with Crippen molar-refractivity contribution >= 4 is 5.91 Å². The fraction of sp³-hybridized carbons (Fsp3) is 0.667. The van der Waals surface area contributed by atoms with Gasteiger partial charge in [0.2, 0.25) is 5.91 Å². The summed E-state index contributed by atoms with van der Waals surface area (Å²) in [6, 6.07) is 1.99. The lowest BCUT2D eigenvalue weighted by atomic mass is 10.3. The Morgan fingerprint density at radius 1 is 1.56 bits per heavy atom. The average Bonchev–Trinajstić information content (AvgIpc) is 2.68. The lowest BCUT2D eigenvalue weighted by molar-refractivity contribution is -0.130. The van der Waals surface area contributed by atoms with Crippen molar-refractivity contribution in [2.45, 2.75) is 19.2 Å². The van der Waals surface area contributed by atoms with Gasteiger partial charge in [0.15, 0.2) is 0 Å². The van der Waals surface area contributed by atoms with Crippen LogP contribution in [0.25, 0.3) is 0 Å². The number of carbonyl (C=O) groups excluding carboxylic acids is 1. The maximum atomic E-state index is 11.8. The van der Waals surface area contributed by atoms with E-state index in [0.717, 1.165) is 25.3 Å². The van der Waals surface area contributed by atoms with Crippen LogP contribution in [0.2, 0.25) is 0 Å². The van der Waals surface area contributed by atoms with Crippen molar-refractivity contribution in [1.29, 1.82) is 0 Å². The molecule has 6 heteroatoms. The summed E-state index contributed by atoms with van der Waals surface area (Å²) in [5.74, 6) is 0.109. The first-order chi connectivity index (χ1) is 8.60.